The fourth-order valence-corrected chi connectivity index (χ4v) is 2.82. The zero-order valence-electron chi connectivity index (χ0n) is 14.7. The number of para-hydroxylation sites is 1. The van der Waals surface area contributed by atoms with Gasteiger partial charge in [-0.3, -0.25) is 4.79 Å². The molecule has 0 radical (unpaired) electrons. The molecule has 0 unspecified atom stereocenters. The molecule has 0 atom stereocenters. The number of aliphatic hydroxyl groups is 1. The van der Waals surface area contributed by atoms with E-state index in [0.29, 0.717) is 28.4 Å². The fraction of sp³-hybridized carbons (Fsp3) is 0.136. The summed E-state index contributed by atoms with van der Waals surface area (Å²) in [7, 11) is 0. The number of aliphatic hydroxyl groups excluding tert-OH is 1. The Morgan fingerprint density at radius 3 is 2.41 bits per heavy atom. The minimum atomic E-state index is -0.250. The highest BCUT2D eigenvalue weighted by Crippen LogP contribution is 2.23. The van der Waals surface area contributed by atoms with E-state index in [1.807, 2.05) is 48.5 Å². The average molecular weight is 382 g/mol. The van der Waals surface area contributed by atoms with Gasteiger partial charge in [-0.1, -0.05) is 54.1 Å². The van der Waals surface area contributed by atoms with E-state index in [-0.39, 0.29) is 19.1 Å². The summed E-state index contributed by atoms with van der Waals surface area (Å²) >= 11 is 6.16. The van der Waals surface area contributed by atoms with Crippen molar-refractivity contribution >= 4 is 23.2 Å². The molecule has 27 heavy (non-hydrogen) atoms. The molecule has 4 nitrogen and oxygen atoms in total. The van der Waals surface area contributed by atoms with Crippen LogP contribution in [0.4, 0.5) is 5.69 Å². The monoisotopic (exact) mass is 381 g/mol. The Bertz CT molecular complexity index is 909. The van der Waals surface area contributed by atoms with Crippen LogP contribution in [0, 0.1) is 0 Å². The van der Waals surface area contributed by atoms with E-state index in [0.717, 1.165) is 11.1 Å². The van der Waals surface area contributed by atoms with Gasteiger partial charge in [-0.15, -0.1) is 0 Å². The first-order valence-electron chi connectivity index (χ1n) is 8.64. The Morgan fingerprint density at radius 2 is 1.67 bits per heavy atom. The maximum atomic E-state index is 12.7. The molecule has 0 fully saturated rings. The molecular formula is C22H20ClNO3. The molecule has 138 valence electrons. The second-order valence-electron chi connectivity index (χ2n) is 6.00. The van der Waals surface area contributed by atoms with Crippen molar-refractivity contribution in [3.05, 3.63) is 94.5 Å². The Hall–Kier alpha value is -2.82. The molecule has 3 aromatic carbocycles. The average Bonchev–Trinajstić information content (AvgIpc) is 2.69. The number of amides is 1. The second kappa shape index (κ2) is 9.21. The van der Waals surface area contributed by atoms with E-state index in [1.165, 1.54) is 0 Å². The molecule has 0 aliphatic rings. The van der Waals surface area contributed by atoms with Crippen LogP contribution in [-0.2, 0) is 13.0 Å². The Kier molecular flexibility index (Phi) is 6.47. The Balaban J connectivity index is 1.70. The van der Waals surface area contributed by atoms with Crippen molar-refractivity contribution in [3.8, 4) is 5.75 Å². The predicted octanol–water partition coefficient (Wildman–Crippen LogP) is 4.71. The van der Waals surface area contributed by atoms with Crippen LogP contribution in [0.25, 0.3) is 0 Å². The molecule has 3 rings (SSSR count). The largest absolute Gasteiger partial charge is 0.488 e. The summed E-state index contributed by atoms with van der Waals surface area (Å²) in [6.45, 7) is 0.377. The standard InChI is InChI=1S/C22H20ClNO3/c23-20-7-3-1-5-17(20)15-27-21-8-4-2-6-19(21)22(26)24-18-11-9-16(10-12-18)13-14-25/h1-12,25H,13-15H2,(H,24,26). The number of hydrogen-bond donors (Lipinski definition) is 2. The van der Waals surface area contributed by atoms with Gasteiger partial charge < -0.3 is 15.2 Å². The lowest BCUT2D eigenvalue weighted by atomic mass is 10.1. The summed E-state index contributed by atoms with van der Waals surface area (Å²) in [5.74, 6) is 0.242. The van der Waals surface area contributed by atoms with Gasteiger partial charge in [0.2, 0.25) is 0 Å². The van der Waals surface area contributed by atoms with Crippen LogP contribution in [0.1, 0.15) is 21.5 Å². The normalized spacial score (nSPS) is 10.4. The first kappa shape index (κ1) is 19.0. The number of hydrogen-bond acceptors (Lipinski definition) is 3. The van der Waals surface area contributed by atoms with Crippen LogP contribution in [-0.4, -0.2) is 17.6 Å². The third kappa shape index (κ3) is 5.09. The van der Waals surface area contributed by atoms with Crippen LogP contribution in [0.3, 0.4) is 0 Å². The van der Waals surface area contributed by atoms with Crippen LogP contribution in [0.2, 0.25) is 5.02 Å². The van der Waals surface area contributed by atoms with Crippen LogP contribution in [0.15, 0.2) is 72.8 Å². The van der Waals surface area contributed by atoms with Gasteiger partial charge in [0.05, 0.1) is 5.56 Å². The molecule has 1 amide bonds. The molecule has 0 aliphatic carbocycles. The van der Waals surface area contributed by atoms with Crippen molar-refractivity contribution in [3.63, 3.8) is 0 Å². The molecule has 5 heteroatoms. The Labute approximate surface area is 163 Å². The first-order chi connectivity index (χ1) is 13.2. The van der Waals surface area contributed by atoms with Crippen molar-refractivity contribution < 1.29 is 14.6 Å². The number of carbonyl (C=O) groups is 1. The fourth-order valence-electron chi connectivity index (χ4n) is 2.63. The minimum Gasteiger partial charge on any atom is -0.488 e. The van der Waals surface area contributed by atoms with E-state index in [1.54, 1.807) is 24.3 Å². The summed E-state index contributed by atoms with van der Waals surface area (Å²) in [5, 5.41) is 12.5. The molecule has 3 aromatic rings. The van der Waals surface area contributed by atoms with Gasteiger partial charge in [-0.05, 0) is 42.3 Å². The lowest BCUT2D eigenvalue weighted by Crippen LogP contribution is -2.13. The number of ether oxygens (including phenoxy) is 1. The molecule has 0 heterocycles. The van der Waals surface area contributed by atoms with Crippen molar-refractivity contribution in [2.45, 2.75) is 13.0 Å². The minimum absolute atomic E-state index is 0.0991. The summed E-state index contributed by atoms with van der Waals surface area (Å²) in [6, 6.07) is 21.9. The number of nitrogens with one attached hydrogen (secondary N) is 1. The molecule has 0 spiro atoms. The van der Waals surface area contributed by atoms with E-state index in [4.69, 9.17) is 21.4 Å². The zero-order valence-corrected chi connectivity index (χ0v) is 15.4. The van der Waals surface area contributed by atoms with Crippen molar-refractivity contribution in [1.29, 1.82) is 0 Å². The lowest BCUT2D eigenvalue weighted by Gasteiger charge is -2.12. The summed E-state index contributed by atoms with van der Waals surface area (Å²) in [6.07, 6.45) is 0.590. The Morgan fingerprint density at radius 1 is 0.963 bits per heavy atom. The van der Waals surface area contributed by atoms with Crippen LogP contribution >= 0.6 is 11.6 Å². The highest BCUT2D eigenvalue weighted by molar-refractivity contribution is 6.31. The summed E-state index contributed by atoms with van der Waals surface area (Å²) < 4.78 is 5.84. The van der Waals surface area contributed by atoms with Gasteiger partial charge in [0.25, 0.3) is 5.91 Å². The van der Waals surface area contributed by atoms with Gasteiger partial charge in [-0.25, -0.2) is 0 Å². The molecule has 0 bridgehead atoms. The van der Waals surface area contributed by atoms with Crippen LogP contribution < -0.4 is 10.1 Å². The molecule has 0 aliphatic heterocycles. The number of halogens is 1. The smallest absolute Gasteiger partial charge is 0.259 e. The van der Waals surface area contributed by atoms with E-state index in [2.05, 4.69) is 5.32 Å². The molecular weight excluding hydrogens is 362 g/mol. The van der Waals surface area contributed by atoms with Gasteiger partial charge in [0.1, 0.15) is 12.4 Å². The number of rotatable bonds is 7. The lowest BCUT2D eigenvalue weighted by molar-refractivity contribution is 0.102. The highest BCUT2D eigenvalue weighted by atomic mass is 35.5. The predicted molar refractivity (Wildman–Crippen MR) is 107 cm³/mol. The van der Waals surface area contributed by atoms with Gasteiger partial charge in [-0.2, -0.15) is 0 Å². The molecule has 0 saturated heterocycles. The van der Waals surface area contributed by atoms with Crippen molar-refractivity contribution in [2.24, 2.45) is 0 Å². The van der Waals surface area contributed by atoms with Crippen molar-refractivity contribution in [1.82, 2.24) is 0 Å². The number of benzene rings is 3. The summed E-state index contributed by atoms with van der Waals surface area (Å²) in [4.78, 5) is 12.7. The number of anilines is 1. The number of carbonyl (C=O) groups excluding carboxylic acids is 1. The quantitative estimate of drug-likeness (QED) is 0.623. The van der Waals surface area contributed by atoms with Gasteiger partial charge in [0, 0.05) is 22.9 Å². The van der Waals surface area contributed by atoms with E-state index in [9.17, 15) is 4.79 Å². The highest BCUT2D eigenvalue weighted by Gasteiger charge is 2.13. The zero-order chi connectivity index (χ0) is 19.1. The SMILES string of the molecule is O=C(Nc1ccc(CCO)cc1)c1ccccc1OCc1ccccc1Cl. The molecule has 0 saturated carbocycles. The van der Waals surface area contributed by atoms with E-state index >= 15 is 0 Å². The van der Waals surface area contributed by atoms with Gasteiger partial charge >= 0.3 is 0 Å². The second-order valence-corrected chi connectivity index (χ2v) is 6.41. The van der Waals surface area contributed by atoms with Crippen molar-refractivity contribution in [2.75, 3.05) is 11.9 Å². The van der Waals surface area contributed by atoms with Crippen LogP contribution in [0.5, 0.6) is 5.75 Å². The summed E-state index contributed by atoms with van der Waals surface area (Å²) in [5.41, 5.74) is 3.00. The maximum absolute atomic E-state index is 12.7. The third-order valence-electron chi connectivity index (χ3n) is 4.08. The first-order valence-corrected chi connectivity index (χ1v) is 9.01. The maximum Gasteiger partial charge on any atom is 0.259 e. The molecule has 2 N–H and O–H groups in total. The van der Waals surface area contributed by atoms with Gasteiger partial charge in [0.15, 0.2) is 0 Å². The molecule has 0 aromatic heterocycles. The third-order valence-corrected chi connectivity index (χ3v) is 4.45. The van der Waals surface area contributed by atoms with E-state index < -0.39 is 0 Å². The topological polar surface area (TPSA) is 58.6 Å².